The molecule has 15 aromatic rings. The summed E-state index contributed by atoms with van der Waals surface area (Å²) in [6.07, 6.45) is 35.5. The van der Waals surface area contributed by atoms with Crippen molar-refractivity contribution in [3.05, 3.63) is 266 Å². The molecule has 20 rings (SSSR count). The molecule has 0 amide bonds. The number of pyridine rings is 8. The Hall–Kier alpha value is -13.9. The summed E-state index contributed by atoms with van der Waals surface area (Å²) in [5.41, 5.74) is 30.5. The molecule has 5 aliphatic rings. The minimum absolute atomic E-state index is 0.0151. The van der Waals surface area contributed by atoms with E-state index in [4.69, 9.17) is 26.9 Å². The van der Waals surface area contributed by atoms with Crippen LogP contribution in [0.4, 0.5) is 44.3 Å². The highest BCUT2D eigenvalue weighted by atomic mass is 32.2. The number of benzene rings is 7. The summed E-state index contributed by atoms with van der Waals surface area (Å²) in [5.74, 6) is 0.820. The van der Waals surface area contributed by atoms with Gasteiger partial charge in [-0.3, -0.25) is 29.9 Å². The summed E-state index contributed by atoms with van der Waals surface area (Å²) in [7, 11) is -14.1. The zero-order valence-electron chi connectivity index (χ0n) is 83.9. The SMILES string of the molecule is CCS(=O)(=O)N1CCC(Nc2cc(-c3ccnc(N)c3)cc3ccncc23)CC1.COc1cc(-c2cc(NC3CCN(S(C)(=O)=O)CC3)c3cnccc3c2)ccn1.CS(=O)(=O)N1CCC(Nc2cc(-c3ccc(F)c(CC#N)c3)cc3ccncc23)CC1.CS(=O)(=O)N1CCC(Nc2cc(-c3ccc(N)c(C=N)c3)cc3ccncc23)CC1.Cc1cc(-c2cc(NC3CCN(S(C)(=O)=O)CC3)c3cnccc3c2)cc(C)n1. The normalized spacial score (nSPS) is 16.0. The number of hydrogen-bond acceptors (Lipinski definition) is 28. The van der Waals surface area contributed by atoms with Gasteiger partial charge in [0.25, 0.3) is 0 Å². The third-order valence-corrected chi connectivity index (χ3v) is 34.6. The van der Waals surface area contributed by atoms with Crippen molar-refractivity contribution in [1.29, 1.82) is 10.7 Å². The van der Waals surface area contributed by atoms with Crippen LogP contribution < -0.4 is 42.8 Å². The zero-order valence-corrected chi connectivity index (χ0v) is 87.9. The summed E-state index contributed by atoms with van der Waals surface area (Å²) < 4.78 is 145. The number of fused-ring (bicyclic) bond motifs is 5. The number of nitrogens with zero attached hydrogens (tertiary/aromatic N) is 14. The first-order valence-corrected chi connectivity index (χ1v) is 58.1. The van der Waals surface area contributed by atoms with Gasteiger partial charge in [-0.05, 0) is 313 Å². The van der Waals surface area contributed by atoms with Crippen LogP contribution in [0.15, 0.2) is 238 Å². The average Bonchev–Trinajstić information content (AvgIpc) is 0.757. The fourth-order valence-electron chi connectivity index (χ4n) is 19.5. The van der Waals surface area contributed by atoms with E-state index in [1.807, 2.05) is 136 Å². The minimum atomic E-state index is -3.17. The number of hydrogen-bond donors (Lipinski definition) is 8. The van der Waals surface area contributed by atoms with Crippen LogP contribution in [-0.2, 0) is 56.5 Å². The second-order valence-corrected chi connectivity index (χ2v) is 48.2. The fraction of sp³-hybridized carbons (Fsp3) is 0.321. The molecule has 7 aromatic carbocycles. The number of rotatable bonds is 24. The van der Waals surface area contributed by atoms with E-state index in [9.17, 15) is 46.5 Å². The standard InChI is InChI=1S/C23H23FN4O2S.C22H25N5O2S.C22H26N4O2S.C21H25N5O2S.C21H24N4O3S/c1-31(29,30)28-10-6-20(7-11-28)27-23-14-19(13-17-5-9-26-15-21(17)23)16-2-3-22(24)18(12-16)4-8-25;1-30(28,29)27-8-5-19(6-9-27)26-22-12-17(11-16-4-7-25-14-20(16)22)15-2-3-21(24)18(10-15)13-23;1-15-10-18(11-16(2)24-15)19-12-17-4-7-23-14-21(17)22(13-19)25-20-5-8-26(9-6-20)29(3,27)28;1-2-29(27,28)26-9-5-18(6-10-26)25-20-12-17(15-4-8-24-21(22)13-15)11-16-3-7-23-14-19(16)20;1-28-21-13-15(4-8-23-21)17-11-16-3-7-22-14-19(16)20(12-17)24-18-5-9-25(10-6-18)29(2,26)27/h2-3,5,9,12-15,20,27H,4,6-7,10-11H2,1H3;2-4,7,10-14,19,23,26H,5-6,8-9,24H2,1H3;4,7,10-14,20,25H,5-6,8-9H2,1-3H3;3-4,7-8,11-14,18,25H,2,5-6,9-10H2,1H3,(H2,22,24);3-4,7-8,11-14,18,24H,5-6,9-10H2,1-2H3. The molecular formula is C109H123FN22O11S5. The van der Waals surface area contributed by atoms with Gasteiger partial charge < -0.3 is 48.2 Å². The maximum Gasteiger partial charge on any atom is 0.213 e. The van der Waals surface area contributed by atoms with Crippen LogP contribution >= 0.6 is 0 Å². The van der Waals surface area contributed by atoms with Crippen molar-refractivity contribution in [2.24, 2.45) is 0 Å². The van der Waals surface area contributed by atoms with Gasteiger partial charge in [0.05, 0.1) is 50.4 Å². The molecule has 0 atom stereocenters. The second kappa shape index (κ2) is 47.1. The lowest BCUT2D eigenvalue weighted by Crippen LogP contribution is -2.42. The Morgan fingerprint density at radius 3 is 0.993 bits per heavy atom. The van der Waals surface area contributed by atoms with E-state index in [0.29, 0.717) is 107 Å². The first kappa shape index (κ1) is 107. The Morgan fingerprint density at radius 1 is 0.385 bits per heavy atom. The van der Waals surface area contributed by atoms with Gasteiger partial charge in [0.2, 0.25) is 56.0 Å². The molecule has 33 nitrogen and oxygen atoms in total. The van der Waals surface area contributed by atoms with Crippen molar-refractivity contribution >= 4 is 150 Å². The quantitative estimate of drug-likeness (QED) is 0.0206. The van der Waals surface area contributed by atoms with Gasteiger partial charge in [-0.1, -0.05) is 12.1 Å². The van der Waals surface area contributed by atoms with Crippen LogP contribution in [0.5, 0.6) is 5.88 Å². The van der Waals surface area contributed by atoms with E-state index in [2.05, 4.69) is 127 Å². The third-order valence-electron chi connectivity index (χ3n) is 27.5. The third kappa shape index (κ3) is 27.2. The van der Waals surface area contributed by atoms with Gasteiger partial charge >= 0.3 is 0 Å². The molecule has 5 saturated heterocycles. The molecule has 0 bridgehead atoms. The summed E-state index contributed by atoms with van der Waals surface area (Å²) in [5, 5.41) is 45.1. The number of sulfonamides is 5. The Balaban J connectivity index is 0.000000132. The monoisotopic (exact) mass is 2090 g/mol. The molecule has 10 N–H and O–H groups in total. The molecule has 0 saturated carbocycles. The Morgan fingerprint density at radius 2 is 0.682 bits per heavy atom. The Bertz CT molecular complexity index is 8020. The van der Waals surface area contributed by atoms with E-state index in [0.717, 1.165) is 201 Å². The minimum Gasteiger partial charge on any atom is -0.481 e. The highest BCUT2D eigenvalue weighted by molar-refractivity contribution is 7.89. The number of nitrogens with two attached hydrogens (primary N) is 2. The predicted molar refractivity (Wildman–Crippen MR) is 591 cm³/mol. The molecule has 5 fully saturated rings. The van der Waals surface area contributed by atoms with Gasteiger partial charge in [-0.2, -0.15) is 5.26 Å². The van der Waals surface area contributed by atoms with Crippen LogP contribution in [0.2, 0.25) is 0 Å². The number of nitriles is 1. The molecular weight excluding hydrogens is 1970 g/mol. The van der Waals surface area contributed by atoms with E-state index in [1.54, 1.807) is 82.5 Å². The summed E-state index contributed by atoms with van der Waals surface area (Å²) in [6.45, 7) is 11.0. The number of halogens is 1. The number of anilines is 7. The lowest BCUT2D eigenvalue weighted by Gasteiger charge is -2.32. The molecule has 772 valence electrons. The van der Waals surface area contributed by atoms with Gasteiger partial charge in [0, 0.05) is 266 Å². The van der Waals surface area contributed by atoms with Gasteiger partial charge in [-0.25, -0.2) is 78.0 Å². The van der Waals surface area contributed by atoms with Gasteiger partial charge in [-0.15, -0.1) is 0 Å². The van der Waals surface area contributed by atoms with Crippen molar-refractivity contribution in [2.75, 3.05) is 141 Å². The van der Waals surface area contributed by atoms with Crippen LogP contribution in [-0.4, -0.2) is 243 Å². The smallest absolute Gasteiger partial charge is 0.213 e. The van der Waals surface area contributed by atoms with Gasteiger partial charge in [0.15, 0.2) is 0 Å². The van der Waals surface area contributed by atoms with Crippen molar-refractivity contribution in [3.63, 3.8) is 0 Å². The molecule has 148 heavy (non-hydrogen) atoms. The van der Waals surface area contributed by atoms with Gasteiger partial charge in [0.1, 0.15) is 11.6 Å². The van der Waals surface area contributed by atoms with Crippen LogP contribution in [0.25, 0.3) is 109 Å². The summed E-state index contributed by atoms with van der Waals surface area (Å²) in [6, 6.07) is 56.3. The number of piperidine rings is 5. The summed E-state index contributed by atoms with van der Waals surface area (Å²) >= 11 is 0. The molecule has 0 aliphatic carbocycles. The van der Waals surface area contributed by atoms with E-state index in [-0.39, 0.29) is 48.2 Å². The fourth-order valence-corrected chi connectivity index (χ4v) is 24.1. The molecule has 8 aromatic heterocycles. The number of aryl methyl sites for hydroxylation is 2. The van der Waals surface area contributed by atoms with Crippen molar-refractivity contribution in [3.8, 4) is 67.6 Å². The lowest BCUT2D eigenvalue weighted by molar-refractivity contribution is 0.330. The topological polar surface area (TPSA) is 459 Å². The number of methoxy groups -OCH3 is 1. The first-order valence-electron chi connectivity index (χ1n) is 49.1. The molecule has 0 unspecified atom stereocenters. The molecule has 0 spiro atoms. The van der Waals surface area contributed by atoms with Crippen LogP contribution in [0.1, 0.15) is 93.6 Å². The molecule has 5 aliphatic heterocycles. The second-order valence-electron chi connectivity index (χ2n) is 38.0. The number of nitrogen functional groups attached to an aromatic ring is 2. The van der Waals surface area contributed by atoms with Crippen molar-refractivity contribution in [2.45, 2.75) is 122 Å². The maximum atomic E-state index is 14.0. The number of ether oxygens (including phenoxy) is 1. The lowest BCUT2D eigenvalue weighted by atomic mass is 9.97. The Kier molecular flexibility index (Phi) is 34.0. The first-order chi connectivity index (χ1) is 70.9. The number of nitrogens with one attached hydrogen (secondary N) is 6. The van der Waals surface area contributed by atoms with Crippen molar-refractivity contribution in [1.82, 2.24) is 61.4 Å². The van der Waals surface area contributed by atoms with E-state index >= 15 is 0 Å². The summed E-state index contributed by atoms with van der Waals surface area (Å²) in [4.78, 5) is 34.1. The molecule has 39 heteroatoms. The highest BCUT2D eigenvalue weighted by Crippen LogP contribution is 2.41. The highest BCUT2D eigenvalue weighted by Gasteiger charge is 2.33. The molecule has 13 heterocycles. The molecule has 0 radical (unpaired) electrons. The predicted octanol–water partition coefficient (Wildman–Crippen LogP) is 17.3. The van der Waals surface area contributed by atoms with Crippen LogP contribution in [0.3, 0.4) is 0 Å². The van der Waals surface area contributed by atoms with E-state index < -0.39 is 50.1 Å². The maximum absolute atomic E-state index is 14.0. The largest absolute Gasteiger partial charge is 0.481 e. The van der Waals surface area contributed by atoms with Crippen LogP contribution in [0, 0.1) is 36.4 Å². The van der Waals surface area contributed by atoms with Crippen molar-refractivity contribution < 1.29 is 51.2 Å². The number of aromatic nitrogens is 8. The average molecular weight is 2100 g/mol. The zero-order chi connectivity index (χ0) is 105. The Labute approximate surface area is 864 Å². The van der Waals surface area contributed by atoms with E-state index in [1.165, 1.54) is 45.9 Å².